The van der Waals surface area contributed by atoms with Crippen LogP contribution in [0.1, 0.15) is 41.0 Å². The summed E-state index contributed by atoms with van der Waals surface area (Å²) in [6.07, 6.45) is 0.535. The summed E-state index contributed by atoms with van der Waals surface area (Å²) < 4.78 is -0.208. The molecule has 20 heavy (non-hydrogen) atoms. The fourth-order valence-electron chi connectivity index (χ4n) is 1.97. The summed E-state index contributed by atoms with van der Waals surface area (Å²) in [6, 6.07) is -0.275. The molecule has 0 unspecified atom stereocenters. The molecule has 2 N–H and O–H groups in total. The SMILES string of the molecule is CCN[C@@H](CSSC(C)(C)[C@H](NC)C(=O)CC)C(C)=O. The lowest BCUT2D eigenvalue weighted by Crippen LogP contribution is -2.48. The second-order valence-corrected chi connectivity index (χ2v) is 8.23. The molecule has 6 heteroatoms. The molecule has 0 aliphatic carbocycles. The van der Waals surface area contributed by atoms with Crippen LogP contribution in [-0.2, 0) is 9.59 Å². The van der Waals surface area contributed by atoms with Gasteiger partial charge in [-0.25, -0.2) is 0 Å². The first-order chi connectivity index (χ1) is 9.30. The molecular weight excluding hydrogens is 292 g/mol. The molecule has 0 amide bonds. The molecule has 0 saturated heterocycles. The van der Waals surface area contributed by atoms with Gasteiger partial charge in [0.2, 0.25) is 0 Å². The molecule has 118 valence electrons. The lowest BCUT2D eigenvalue weighted by Gasteiger charge is -2.32. The van der Waals surface area contributed by atoms with Crippen LogP contribution in [-0.4, -0.2) is 47.7 Å². The normalized spacial score (nSPS) is 14.9. The van der Waals surface area contributed by atoms with Crippen molar-refractivity contribution in [2.45, 2.75) is 57.9 Å². The minimum Gasteiger partial charge on any atom is -0.309 e. The number of ketones is 2. The summed E-state index contributed by atoms with van der Waals surface area (Å²) in [5.74, 6) is 1.10. The number of carbonyl (C=O) groups excluding carboxylic acids is 2. The van der Waals surface area contributed by atoms with Gasteiger partial charge in [0, 0.05) is 16.9 Å². The predicted molar refractivity (Wildman–Crippen MR) is 90.4 cm³/mol. The monoisotopic (exact) mass is 320 g/mol. The summed E-state index contributed by atoms with van der Waals surface area (Å²) in [5.41, 5.74) is 0. The van der Waals surface area contributed by atoms with Crippen molar-refractivity contribution < 1.29 is 9.59 Å². The fraction of sp³-hybridized carbons (Fsp3) is 0.857. The zero-order valence-corrected chi connectivity index (χ0v) is 15.0. The van der Waals surface area contributed by atoms with Gasteiger partial charge in [-0.2, -0.15) is 0 Å². The molecule has 0 heterocycles. The highest BCUT2D eigenvalue weighted by Gasteiger charge is 2.34. The van der Waals surface area contributed by atoms with Crippen LogP contribution in [0.25, 0.3) is 0 Å². The van der Waals surface area contributed by atoms with E-state index in [1.165, 1.54) is 0 Å². The average molecular weight is 321 g/mol. The Morgan fingerprint density at radius 1 is 1.25 bits per heavy atom. The summed E-state index contributed by atoms with van der Waals surface area (Å²) in [4.78, 5) is 23.4. The summed E-state index contributed by atoms with van der Waals surface area (Å²) in [7, 11) is 5.14. The predicted octanol–water partition coefficient (Wildman–Crippen LogP) is 2.28. The highest BCUT2D eigenvalue weighted by Crippen LogP contribution is 2.38. The Labute approximate surface area is 131 Å². The van der Waals surface area contributed by atoms with Gasteiger partial charge in [-0.05, 0) is 34.4 Å². The molecule has 0 fully saturated rings. The van der Waals surface area contributed by atoms with E-state index >= 15 is 0 Å². The molecule has 0 aromatic carbocycles. The van der Waals surface area contributed by atoms with Crippen LogP contribution in [0, 0.1) is 0 Å². The van der Waals surface area contributed by atoms with Crippen LogP contribution in [0.5, 0.6) is 0 Å². The molecule has 0 aromatic rings. The second-order valence-electron chi connectivity index (χ2n) is 5.23. The van der Waals surface area contributed by atoms with Gasteiger partial charge in [-0.1, -0.05) is 35.4 Å². The Balaban J connectivity index is 4.46. The zero-order chi connectivity index (χ0) is 15.8. The van der Waals surface area contributed by atoms with E-state index in [0.29, 0.717) is 12.2 Å². The van der Waals surface area contributed by atoms with Gasteiger partial charge < -0.3 is 10.6 Å². The van der Waals surface area contributed by atoms with Crippen molar-refractivity contribution >= 4 is 33.2 Å². The first kappa shape index (κ1) is 20.0. The van der Waals surface area contributed by atoms with E-state index in [9.17, 15) is 9.59 Å². The Morgan fingerprint density at radius 2 is 1.85 bits per heavy atom. The number of Topliss-reactive ketones (excluding diaryl/α,β-unsaturated/α-hetero) is 2. The van der Waals surface area contributed by atoms with Crippen LogP contribution < -0.4 is 10.6 Å². The highest BCUT2D eigenvalue weighted by atomic mass is 33.1. The van der Waals surface area contributed by atoms with Crippen molar-refractivity contribution in [1.29, 1.82) is 0 Å². The number of hydrogen-bond donors (Lipinski definition) is 2. The molecule has 0 aromatic heterocycles. The Bertz CT molecular complexity index is 322. The topological polar surface area (TPSA) is 58.2 Å². The third-order valence-corrected chi connectivity index (χ3v) is 6.41. The number of hydrogen-bond acceptors (Lipinski definition) is 6. The van der Waals surface area contributed by atoms with Crippen molar-refractivity contribution in [3.05, 3.63) is 0 Å². The van der Waals surface area contributed by atoms with E-state index < -0.39 is 0 Å². The molecule has 0 aliphatic heterocycles. The second kappa shape index (κ2) is 9.82. The van der Waals surface area contributed by atoms with Crippen molar-refractivity contribution in [1.82, 2.24) is 10.6 Å². The van der Waals surface area contributed by atoms with Gasteiger partial charge in [-0.15, -0.1) is 0 Å². The molecule has 2 atom stereocenters. The van der Waals surface area contributed by atoms with Crippen molar-refractivity contribution in [2.75, 3.05) is 19.3 Å². The Morgan fingerprint density at radius 3 is 2.25 bits per heavy atom. The summed E-state index contributed by atoms with van der Waals surface area (Å²) in [5, 5.41) is 6.29. The molecule has 0 spiro atoms. The van der Waals surface area contributed by atoms with E-state index in [4.69, 9.17) is 0 Å². The van der Waals surface area contributed by atoms with Gasteiger partial charge in [0.25, 0.3) is 0 Å². The van der Waals surface area contributed by atoms with E-state index in [0.717, 1.165) is 6.54 Å². The molecule has 0 bridgehead atoms. The summed E-state index contributed by atoms with van der Waals surface area (Å²) >= 11 is 0. The van der Waals surface area contributed by atoms with Gasteiger partial charge in [-0.3, -0.25) is 9.59 Å². The molecule has 0 aliphatic rings. The molecule has 0 saturated carbocycles. The van der Waals surface area contributed by atoms with Crippen LogP contribution in [0.4, 0.5) is 0 Å². The molecule has 0 rings (SSSR count). The van der Waals surface area contributed by atoms with E-state index in [-0.39, 0.29) is 28.4 Å². The van der Waals surface area contributed by atoms with E-state index in [2.05, 4.69) is 24.5 Å². The van der Waals surface area contributed by atoms with Crippen LogP contribution >= 0.6 is 21.6 Å². The standard InChI is InChI=1S/C14H28N2O2S2/c1-7-12(18)13(15-6)14(4,5)20-19-9-11(10(3)17)16-8-2/h11,13,15-16H,7-9H2,1-6H3/t11-,13+/m0/s1. The Hall–Kier alpha value is -0.0400. The van der Waals surface area contributed by atoms with Gasteiger partial charge >= 0.3 is 0 Å². The van der Waals surface area contributed by atoms with Crippen LogP contribution in [0.3, 0.4) is 0 Å². The lowest BCUT2D eigenvalue weighted by molar-refractivity contribution is -0.121. The summed E-state index contributed by atoms with van der Waals surface area (Å²) in [6.45, 7) is 10.4. The highest BCUT2D eigenvalue weighted by molar-refractivity contribution is 8.77. The number of carbonyl (C=O) groups is 2. The largest absolute Gasteiger partial charge is 0.309 e. The third-order valence-electron chi connectivity index (χ3n) is 3.10. The molecule has 0 radical (unpaired) electrons. The van der Waals surface area contributed by atoms with Crippen LogP contribution in [0.2, 0.25) is 0 Å². The van der Waals surface area contributed by atoms with Crippen molar-refractivity contribution in [3.8, 4) is 0 Å². The van der Waals surface area contributed by atoms with Gasteiger partial charge in [0.1, 0.15) is 5.78 Å². The third kappa shape index (κ3) is 6.61. The van der Waals surface area contributed by atoms with Crippen LogP contribution in [0.15, 0.2) is 0 Å². The average Bonchev–Trinajstić information content (AvgIpc) is 2.37. The minimum absolute atomic E-state index is 0.108. The Kier molecular flexibility index (Phi) is 9.80. The van der Waals surface area contributed by atoms with E-state index in [1.807, 2.05) is 20.9 Å². The van der Waals surface area contributed by atoms with Gasteiger partial charge in [0.05, 0.1) is 12.1 Å². The number of rotatable bonds is 11. The zero-order valence-electron chi connectivity index (χ0n) is 13.4. The molecule has 4 nitrogen and oxygen atoms in total. The fourth-order valence-corrected chi connectivity index (χ4v) is 4.99. The molecular formula is C14H28N2O2S2. The number of nitrogens with one attached hydrogen (secondary N) is 2. The minimum atomic E-state index is -0.208. The first-order valence-electron chi connectivity index (χ1n) is 7.04. The smallest absolute Gasteiger partial charge is 0.150 e. The lowest BCUT2D eigenvalue weighted by atomic mass is 9.98. The maximum Gasteiger partial charge on any atom is 0.150 e. The maximum absolute atomic E-state index is 11.9. The van der Waals surface area contributed by atoms with Gasteiger partial charge in [0.15, 0.2) is 5.78 Å². The van der Waals surface area contributed by atoms with Crippen molar-refractivity contribution in [2.24, 2.45) is 0 Å². The van der Waals surface area contributed by atoms with E-state index in [1.54, 1.807) is 28.5 Å². The number of likely N-dealkylation sites (N-methyl/N-ethyl adjacent to an activating group) is 2. The first-order valence-corrected chi connectivity index (χ1v) is 9.36. The maximum atomic E-state index is 11.9. The van der Waals surface area contributed by atoms with Crippen molar-refractivity contribution in [3.63, 3.8) is 0 Å². The quantitative estimate of drug-likeness (QED) is 0.570.